The average Bonchev–Trinajstić information content (AvgIpc) is 3.27. The van der Waals surface area contributed by atoms with Crippen molar-refractivity contribution in [1.29, 1.82) is 0 Å². The zero-order valence-corrected chi connectivity index (χ0v) is 24.0. The van der Waals surface area contributed by atoms with E-state index in [2.05, 4.69) is 4.90 Å². The largest absolute Gasteiger partial charge is 0.394 e. The summed E-state index contributed by atoms with van der Waals surface area (Å²) in [5, 5.41) is 60.1. The molecule has 3 aliphatic rings. The Morgan fingerprint density at radius 3 is 2.26 bits per heavy atom. The number of imide groups is 1. The van der Waals surface area contributed by atoms with Crippen molar-refractivity contribution in [3.05, 3.63) is 0 Å². The molecule has 9 atom stereocenters. The summed E-state index contributed by atoms with van der Waals surface area (Å²) >= 11 is 0. The van der Waals surface area contributed by atoms with Gasteiger partial charge in [-0.05, 0) is 45.7 Å². The number of aliphatic hydroxyl groups excluding tert-OH is 6. The molecule has 15 heteroatoms. The van der Waals surface area contributed by atoms with Crippen LogP contribution in [0.1, 0.15) is 64.7 Å². The summed E-state index contributed by atoms with van der Waals surface area (Å²) in [5.41, 5.74) is 0. The van der Waals surface area contributed by atoms with E-state index in [1.807, 2.05) is 0 Å². The van der Waals surface area contributed by atoms with Gasteiger partial charge in [0.15, 0.2) is 6.29 Å². The highest BCUT2D eigenvalue weighted by Crippen LogP contribution is 2.24. The first-order valence-electron chi connectivity index (χ1n) is 14.7. The molecular weight excluding hydrogens is 560 g/mol. The van der Waals surface area contributed by atoms with Crippen LogP contribution in [0.5, 0.6) is 0 Å². The van der Waals surface area contributed by atoms with Crippen molar-refractivity contribution in [3.8, 4) is 0 Å². The zero-order valence-electron chi connectivity index (χ0n) is 24.0. The standard InChI is InChI=1S/C27H46N2O13/c1-16-24(35)27(38)26(37)18(40-16)6-5-11-28(12-13-39-23-14-17(31)25(36)19(15-30)41-23)10-4-2-3-7-22(34)42-29-20(32)8-9-21(29)33/h16-19,23-27,30-31,35-38H,2-15H2,1H3/t16-,17+,18-,19+,23+,24+,25-,26+,27+/m0/s1. The Balaban J connectivity index is 1.43. The van der Waals surface area contributed by atoms with Gasteiger partial charge in [0, 0.05) is 32.2 Å². The molecule has 3 aliphatic heterocycles. The molecule has 0 spiro atoms. The first-order valence-corrected chi connectivity index (χ1v) is 14.7. The third-order valence-corrected chi connectivity index (χ3v) is 7.90. The van der Waals surface area contributed by atoms with Crippen LogP contribution in [-0.4, -0.2) is 146 Å². The Hall–Kier alpha value is -1.79. The maximum atomic E-state index is 12.0. The van der Waals surface area contributed by atoms with E-state index in [1.54, 1.807) is 6.92 Å². The predicted molar refractivity (Wildman–Crippen MR) is 142 cm³/mol. The number of nitrogens with zero attached hydrogens (tertiary/aromatic N) is 2. The number of hydrogen-bond donors (Lipinski definition) is 6. The lowest BCUT2D eigenvalue weighted by atomic mass is 9.93. The fraction of sp³-hybridized carbons (Fsp3) is 0.889. The lowest BCUT2D eigenvalue weighted by molar-refractivity contribution is -0.257. The van der Waals surface area contributed by atoms with E-state index in [-0.39, 0.29) is 32.3 Å². The van der Waals surface area contributed by atoms with E-state index in [4.69, 9.17) is 19.0 Å². The molecule has 0 aromatic heterocycles. The van der Waals surface area contributed by atoms with Gasteiger partial charge in [0.2, 0.25) is 0 Å². The number of carbonyl (C=O) groups is 3. The molecule has 0 aromatic carbocycles. The van der Waals surface area contributed by atoms with Crippen molar-refractivity contribution in [1.82, 2.24) is 9.96 Å². The summed E-state index contributed by atoms with van der Waals surface area (Å²) in [6.07, 6.45) is -5.76. The summed E-state index contributed by atoms with van der Waals surface area (Å²) in [6, 6.07) is 0. The van der Waals surface area contributed by atoms with Gasteiger partial charge in [-0.1, -0.05) is 6.42 Å². The molecule has 242 valence electrons. The van der Waals surface area contributed by atoms with Gasteiger partial charge in [-0.3, -0.25) is 9.59 Å². The van der Waals surface area contributed by atoms with Crippen LogP contribution in [0.3, 0.4) is 0 Å². The second kappa shape index (κ2) is 16.9. The highest BCUT2D eigenvalue weighted by Gasteiger charge is 2.41. The van der Waals surface area contributed by atoms with Gasteiger partial charge in [-0.25, -0.2) is 4.79 Å². The molecular formula is C27H46N2O13. The van der Waals surface area contributed by atoms with Crippen molar-refractivity contribution in [3.63, 3.8) is 0 Å². The lowest BCUT2D eigenvalue weighted by Gasteiger charge is -2.39. The normalized spacial score (nSPS) is 33.9. The van der Waals surface area contributed by atoms with Gasteiger partial charge < -0.3 is 54.6 Å². The summed E-state index contributed by atoms with van der Waals surface area (Å²) < 4.78 is 17.0. The number of hydroxylamine groups is 2. The second-order valence-electron chi connectivity index (χ2n) is 11.1. The van der Waals surface area contributed by atoms with Crippen LogP contribution in [0.25, 0.3) is 0 Å². The Labute approximate surface area is 244 Å². The molecule has 0 unspecified atom stereocenters. The van der Waals surface area contributed by atoms with E-state index in [9.17, 15) is 45.0 Å². The molecule has 0 bridgehead atoms. The number of hydrogen-bond acceptors (Lipinski definition) is 14. The maximum absolute atomic E-state index is 12.0. The van der Waals surface area contributed by atoms with Crippen LogP contribution in [-0.2, 0) is 33.4 Å². The van der Waals surface area contributed by atoms with Gasteiger partial charge in [0.05, 0.1) is 31.5 Å². The summed E-state index contributed by atoms with van der Waals surface area (Å²) in [7, 11) is 0. The van der Waals surface area contributed by atoms with Crippen LogP contribution in [0.4, 0.5) is 0 Å². The van der Waals surface area contributed by atoms with Crippen LogP contribution < -0.4 is 0 Å². The number of rotatable bonds is 16. The molecule has 2 amide bonds. The number of carbonyl (C=O) groups excluding carboxylic acids is 3. The number of amides is 2. The average molecular weight is 607 g/mol. The minimum atomic E-state index is -1.29. The van der Waals surface area contributed by atoms with Crippen molar-refractivity contribution >= 4 is 17.8 Å². The third-order valence-electron chi connectivity index (χ3n) is 7.90. The highest BCUT2D eigenvalue weighted by molar-refractivity contribution is 6.01. The van der Waals surface area contributed by atoms with Crippen molar-refractivity contribution in [2.75, 3.05) is 32.8 Å². The highest BCUT2D eigenvalue weighted by atomic mass is 16.7. The fourth-order valence-electron chi connectivity index (χ4n) is 5.30. The zero-order chi connectivity index (χ0) is 30.8. The fourth-order valence-corrected chi connectivity index (χ4v) is 5.30. The van der Waals surface area contributed by atoms with E-state index < -0.39 is 79.5 Å². The number of aliphatic hydroxyl groups is 6. The van der Waals surface area contributed by atoms with Gasteiger partial charge in [-0.2, -0.15) is 0 Å². The molecule has 3 rings (SSSR count). The van der Waals surface area contributed by atoms with Crippen molar-refractivity contribution in [2.45, 2.75) is 120 Å². The third kappa shape index (κ3) is 9.87. The molecule has 0 aliphatic carbocycles. The predicted octanol–water partition coefficient (Wildman–Crippen LogP) is -2.05. The molecule has 3 fully saturated rings. The Kier molecular flexibility index (Phi) is 14.0. The van der Waals surface area contributed by atoms with Crippen molar-refractivity contribution in [2.24, 2.45) is 0 Å². The monoisotopic (exact) mass is 606 g/mol. The van der Waals surface area contributed by atoms with Crippen LogP contribution >= 0.6 is 0 Å². The van der Waals surface area contributed by atoms with Crippen LogP contribution in [0.15, 0.2) is 0 Å². The molecule has 42 heavy (non-hydrogen) atoms. The van der Waals surface area contributed by atoms with Gasteiger partial charge in [0.1, 0.15) is 30.5 Å². The quantitative estimate of drug-likeness (QED) is 0.0824. The molecule has 3 saturated heterocycles. The minimum absolute atomic E-state index is 0.0382. The molecule has 0 aromatic rings. The second-order valence-corrected chi connectivity index (χ2v) is 11.1. The Bertz CT molecular complexity index is 863. The van der Waals surface area contributed by atoms with Gasteiger partial charge >= 0.3 is 5.97 Å². The lowest BCUT2D eigenvalue weighted by Crippen LogP contribution is -2.56. The molecule has 3 heterocycles. The first kappa shape index (κ1) is 34.7. The molecule has 15 nitrogen and oxygen atoms in total. The molecule has 6 N–H and O–H groups in total. The van der Waals surface area contributed by atoms with Crippen LogP contribution in [0.2, 0.25) is 0 Å². The molecule has 0 radical (unpaired) electrons. The summed E-state index contributed by atoms with van der Waals surface area (Å²) in [6.45, 7) is 3.13. The minimum Gasteiger partial charge on any atom is -0.394 e. The maximum Gasteiger partial charge on any atom is 0.333 e. The van der Waals surface area contributed by atoms with E-state index in [0.717, 1.165) is 6.42 Å². The topological polar surface area (TPSA) is 216 Å². The SMILES string of the molecule is C[C@@H]1O[C@@H](CCCN(CCCCCC(=O)ON2C(=O)CCC2=O)CCO[C@H]2C[C@@H](O)[C@H](O)[C@@H](CO)O2)[C@@H](O)[C@H](O)[C@@H]1O. The van der Waals surface area contributed by atoms with E-state index >= 15 is 0 Å². The summed E-state index contributed by atoms with van der Waals surface area (Å²) in [4.78, 5) is 42.2. The van der Waals surface area contributed by atoms with E-state index in [0.29, 0.717) is 50.4 Å². The van der Waals surface area contributed by atoms with Gasteiger partial charge in [0.25, 0.3) is 11.8 Å². The number of unbranched alkanes of at least 4 members (excludes halogenated alkanes) is 2. The van der Waals surface area contributed by atoms with E-state index in [1.165, 1.54) is 0 Å². The van der Waals surface area contributed by atoms with Gasteiger partial charge in [-0.15, -0.1) is 5.06 Å². The smallest absolute Gasteiger partial charge is 0.333 e. The first-order chi connectivity index (χ1) is 20.0. The van der Waals surface area contributed by atoms with Crippen LogP contribution in [0, 0.1) is 0 Å². The Morgan fingerprint density at radius 2 is 1.57 bits per heavy atom. The number of ether oxygens (including phenoxy) is 3. The van der Waals surface area contributed by atoms with Crippen molar-refractivity contribution < 1.29 is 64.1 Å². The Morgan fingerprint density at radius 1 is 0.881 bits per heavy atom. The summed E-state index contributed by atoms with van der Waals surface area (Å²) in [5.74, 6) is -1.68. The molecule has 0 saturated carbocycles.